The molecule has 1 N–H and O–H groups in total. The molecule has 2 heteroatoms. The van der Waals surface area contributed by atoms with Crippen molar-refractivity contribution < 1.29 is 9.84 Å². The molecule has 3 atom stereocenters. The highest BCUT2D eigenvalue weighted by Gasteiger charge is 2.33. The fraction of sp³-hybridized carbons (Fsp3) is 0.800. The SMILES string of the molecule is CC(C)=CCCC(C)C[C@H](O)OC(C)(C)[C@@H]1CC=C(C)CC1. The molecule has 1 aliphatic rings. The van der Waals surface area contributed by atoms with Crippen LogP contribution in [0.3, 0.4) is 0 Å². The van der Waals surface area contributed by atoms with E-state index < -0.39 is 6.29 Å². The van der Waals surface area contributed by atoms with E-state index in [2.05, 4.69) is 53.7 Å². The Hall–Kier alpha value is -0.600. The maximum atomic E-state index is 10.3. The summed E-state index contributed by atoms with van der Waals surface area (Å²) in [6.45, 7) is 12.9. The standard InChI is InChI=1S/C20H36O2/c1-15(2)8-7-9-17(4)14-19(21)22-20(5,6)18-12-10-16(3)11-13-18/h8,10,17-19,21H,7,9,11-14H2,1-6H3/t17?,18-,19-/m1/s1. The molecule has 128 valence electrons. The van der Waals surface area contributed by atoms with Gasteiger partial charge in [0.2, 0.25) is 0 Å². The average molecular weight is 309 g/mol. The summed E-state index contributed by atoms with van der Waals surface area (Å²) in [5.74, 6) is 0.988. The van der Waals surface area contributed by atoms with E-state index in [9.17, 15) is 5.11 Å². The molecule has 0 spiro atoms. The van der Waals surface area contributed by atoms with Crippen molar-refractivity contribution in [3.05, 3.63) is 23.3 Å². The van der Waals surface area contributed by atoms with E-state index in [0.29, 0.717) is 11.8 Å². The Labute approximate surface area is 137 Å². The van der Waals surface area contributed by atoms with Gasteiger partial charge in [0.25, 0.3) is 0 Å². The van der Waals surface area contributed by atoms with Gasteiger partial charge in [-0.05, 0) is 78.6 Å². The molecular weight excluding hydrogens is 272 g/mol. The van der Waals surface area contributed by atoms with Crippen LogP contribution in [0.5, 0.6) is 0 Å². The predicted octanol–water partition coefficient (Wildman–Crippen LogP) is 5.62. The summed E-state index contributed by atoms with van der Waals surface area (Å²) < 4.78 is 6.02. The Morgan fingerprint density at radius 3 is 2.68 bits per heavy atom. The summed E-state index contributed by atoms with van der Waals surface area (Å²) in [5, 5.41) is 10.3. The fourth-order valence-electron chi connectivity index (χ4n) is 3.21. The molecular formula is C20H36O2. The maximum absolute atomic E-state index is 10.3. The van der Waals surface area contributed by atoms with E-state index in [0.717, 1.165) is 38.5 Å². The van der Waals surface area contributed by atoms with E-state index in [1.165, 1.54) is 11.1 Å². The molecule has 0 saturated carbocycles. The van der Waals surface area contributed by atoms with E-state index in [-0.39, 0.29) is 5.60 Å². The van der Waals surface area contributed by atoms with Gasteiger partial charge >= 0.3 is 0 Å². The van der Waals surface area contributed by atoms with Crippen LogP contribution >= 0.6 is 0 Å². The van der Waals surface area contributed by atoms with Gasteiger partial charge in [-0.25, -0.2) is 0 Å². The molecule has 0 aromatic carbocycles. The van der Waals surface area contributed by atoms with Gasteiger partial charge in [0.15, 0.2) is 6.29 Å². The zero-order valence-corrected chi connectivity index (χ0v) is 15.5. The highest BCUT2D eigenvalue weighted by molar-refractivity contribution is 5.05. The lowest BCUT2D eigenvalue weighted by molar-refractivity contribution is -0.199. The first-order chi connectivity index (χ1) is 10.2. The lowest BCUT2D eigenvalue weighted by Gasteiger charge is -2.38. The van der Waals surface area contributed by atoms with Crippen LogP contribution in [-0.2, 0) is 4.74 Å². The molecule has 0 fully saturated rings. The van der Waals surface area contributed by atoms with Crippen molar-refractivity contribution in [2.45, 2.75) is 92.0 Å². The molecule has 22 heavy (non-hydrogen) atoms. The predicted molar refractivity (Wildman–Crippen MR) is 94.7 cm³/mol. The summed E-state index contributed by atoms with van der Waals surface area (Å²) >= 11 is 0. The molecule has 1 rings (SSSR count). The quantitative estimate of drug-likeness (QED) is 0.466. The molecule has 0 heterocycles. The third-order valence-electron chi connectivity index (χ3n) is 4.88. The van der Waals surface area contributed by atoms with Gasteiger partial charge in [-0.1, -0.05) is 30.2 Å². The molecule has 1 aliphatic carbocycles. The number of hydrogen-bond acceptors (Lipinski definition) is 2. The largest absolute Gasteiger partial charge is 0.368 e. The van der Waals surface area contributed by atoms with Gasteiger partial charge < -0.3 is 9.84 Å². The first kappa shape index (κ1) is 19.4. The second kappa shape index (κ2) is 8.88. The van der Waals surface area contributed by atoms with Crippen molar-refractivity contribution in [3.63, 3.8) is 0 Å². The first-order valence-corrected chi connectivity index (χ1v) is 8.85. The molecule has 2 nitrogen and oxygen atoms in total. The highest BCUT2D eigenvalue weighted by atomic mass is 16.6. The van der Waals surface area contributed by atoms with Crippen molar-refractivity contribution in [3.8, 4) is 0 Å². The Kier molecular flexibility index (Phi) is 7.85. The minimum Gasteiger partial charge on any atom is -0.368 e. The second-order valence-corrected chi connectivity index (χ2v) is 7.90. The molecule has 1 unspecified atom stereocenters. The lowest BCUT2D eigenvalue weighted by atomic mass is 9.79. The lowest BCUT2D eigenvalue weighted by Crippen LogP contribution is -2.39. The van der Waals surface area contributed by atoms with Gasteiger partial charge in [-0.2, -0.15) is 0 Å². The van der Waals surface area contributed by atoms with Crippen molar-refractivity contribution in [1.82, 2.24) is 0 Å². The minimum atomic E-state index is -0.649. The molecule has 0 amide bonds. The van der Waals surface area contributed by atoms with Gasteiger partial charge in [-0.15, -0.1) is 0 Å². The smallest absolute Gasteiger partial charge is 0.155 e. The van der Waals surface area contributed by atoms with E-state index in [1.807, 2.05) is 0 Å². The summed E-state index contributed by atoms with van der Waals surface area (Å²) in [7, 11) is 0. The number of rotatable bonds is 8. The van der Waals surface area contributed by atoms with E-state index >= 15 is 0 Å². The number of aliphatic hydroxyl groups is 1. The Morgan fingerprint density at radius 1 is 1.45 bits per heavy atom. The van der Waals surface area contributed by atoms with E-state index in [4.69, 9.17) is 4.74 Å². The van der Waals surface area contributed by atoms with Crippen LogP contribution in [0.2, 0.25) is 0 Å². The van der Waals surface area contributed by atoms with Crippen molar-refractivity contribution in [1.29, 1.82) is 0 Å². The molecule has 0 radical (unpaired) electrons. The third kappa shape index (κ3) is 7.11. The van der Waals surface area contributed by atoms with Crippen molar-refractivity contribution >= 4 is 0 Å². The molecule has 0 aromatic rings. The van der Waals surface area contributed by atoms with Crippen LogP contribution in [0.4, 0.5) is 0 Å². The highest BCUT2D eigenvalue weighted by Crippen LogP contribution is 2.35. The van der Waals surface area contributed by atoms with Gasteiger partial charge in [0.1, 0.15) is 0 Å². The van der Waals surface area contributed by atoms with Crippen LogP contribution in [0, 0.1) is 11.8 Å². The minimum absolute atomic E-state index is 0.254. The van der Waals surface area contributed by atoms with Gasteiger partial charge in [0.05, 0.1) is 5.60 Å². The molecule has 0 aromatic heterocycles. The number of ether oxygens (including phenoxy) is 1. The topological polar surface area (TPSA) is 29.5 Å². The van der Waals surface area contributed by atoms with Crippen molar-refractivity contribution in [2.75, 3.05) is 0 Å². The third-order valence-corrected chi connectivity index (χ3v) is 4.88. The summed E-state index contributed by atoms with van der Waals surface area (Å²) in [6.07, 6.45) is 10.3. The van der Waals surface area contributed by atoms with Gasteiger partial charge in [0, 0.05) is 6.42 Å². The Bertz CT molecular complexity index is 389. The normalized spacial score (nSPS) is 22.0. The molecule has 0 bridgehead atoms. The zero-order chi connectivity index (χ0) is 16.8. The van der Waals surface area contributed by atoms with Gasteiger partial charge in [-0.3, -0.25) is 0 Å². The van der Waals surface area contributed by atoms with Crippen molar-refractivity contribution in [2.24, 2.45) is 11.8 Å². The zero-order valence-electron chi connectivity index (χ0n) is 15.5. The number of aliphatic hydroxyl groups excluding tert-OH is 1. The summed E-state index contributed by atoms with van der Waals surface area (Å²) in [4.78, 5) is 0. The summed E-state index contributed by atoms with van der Waals surface area (Å²) in [5.41, 5.74) is 2.60. The maximum Gasteiger partial charge on any atom is 0.155 e. The summed E-state index contributed by atoms with van der Waals surface area (Å²) in [6, 6.07) is 0. The Balaban J connectivity index is 2.39. The Morgan fingerprint density at radius 2 is 2.14 bits per heavy atom. The van der Waals surface area contributed by atoms with Crippen LogP contribution in [0.1, 0.15) is 80.1 Å². The monoisotopic (exact) mass is 308 g/mol. The second-order valence-electron chi connectivity index (χ2n) is 7.90. The van der Waals surface area contributed by atoms with Crippen LogP contribution in [0.15, 0.2) is 23.3 Å². The molecule has 0 aliphatic heterocycles. The van der Waals surface area contributed by atoms with Crippen LogP contribution in [0.25, 0.3) is 0 Å². The van der Waals surface area contributed by atoms with Crippen LogP contribution < -0.4 is 0 Å². The average Bonchev–Trinajstić information content (AvgIpc) is 2.37. The fourth-order valence-corrected chi connectivity index (χ4v) is 3.21. The van der Waals surface area contributed by atoms with E-state index in [1.54, 1.807) is 0 Å². The molecule has 0 saturated heterocycles. The van der Waals surface area contributed by atoms with Crippen LogP contribution in [-0.4, -0.2) is 17.0 Å². The number of allylic oxidation sites excluding steroid dienone is 4. The number of hydrogen-bond donors (Lipinski definition) is 1. The first-order valence-electron chi connectivity index (χ1n) is 8.85.